The average Bonchev–Trinajstić information content (AvgIpc) is 3.04. The molecule has 1 aliphatic rings. The first-order chi connectivity index (χ1) is 11.6. The van der Waals surface area contributed by atoms with Crippen LogP contribution in [0.15, 0.2) is 24.3 Å². The molecule has 0 spiro atoms. The molecule has 1 aromatic carbocycles. The van der Waals surface area contributed by atoms with Gasteiger partial charge in [0.15, 0.2) is 0 Å². The molecule has 0 aliphatic heterocycles. The fourth-order valence-corrected chi connectivity index (χ4v) is 3.22. The third kappa shape index (κ3) is 8.12. The van der Waals surface area contributed by atoms with E-state index in [4.69, 9.17) is 10.5 Å². The maximum Gasteiger partial charge on any atom is 0.223 e. The van der Waals surface area contributed by atoms with Gasteiger partial charge in [0.25, 0.3) is 0 Å². The number of carbonyl (C=O) groups is 1. The summed E-state index contributed by atoms with van der Waals surface area (Å²) < 4.78 is 5.68. The van der Waals surface area contributed by atoms with Crippen molar-refractivity contribution in [2.24, 2.45) is 17.6 Å². The normalized spacial score (nSPS) is 18.8. The molecular formula is C19H33Cl2N3O2. The molecule has 1 fully saturated rings. The lowest BCUT2D eigenvalue weighted by atomic mass is 9.95. The number of carbonyl (C=O) groups excluding carboxylic acids is 1. The van der Waals surface area contributed by atoms with Crippen LogP contribution in [0.2, 0.25) is 0 Å². The van der Waals surface area contributed by atoms with Gasteiger partial charge in [0.2, 0.25) is 5.91 Å². The Morgan fingerprint density at radius 3 is 2.54 bits per heavy atom. The molecule has 0 aromatic heterocycles. The van der Waals surface area contributed by atoms with E-state index in [9.17, 15) is 4.79 Å². The average molecular weight is 406 g/mol. The molecule has 7 heteroatoms. The Kier molecular flexibility index (Phi) is 12.7. The van der Waals surface area contributed by atoms with E-state index in [0.29, 0.717) is 25.6 Å². The summed E-state index contributed by atoms with van der Waals surface area (Å²) in [6, 6.07) is 8.12. The first kappa shape index (κ1) is 25.0. The number of nitrogens with zero attached hydrogens (tertiary/aromatic N) is 1. The number of likely N-dealkylation sites (N-methyl/N-ethyl adjacent to an activating group) is 1. The van der Waals surface area contributed by atoms with Crippen molar-refractivity contribution in [2.45, 2.75) is 25.7 Å². The third-order valence-corrected chi connectivity index (χ3v) is 4.74. The number of benzene rings is 1. The number of ether oxygens (including phenoxy) is 1. The Labute approximate surface area is 169 Å². The predicted molar refractivity (Wildman–Crippen MR) is 112 cm³/mol. The van der Waals surface area contributed by atoms with Crippen molar-refractivity contribution >= 4 is 30.7 Å². The zero-order chi connectivity index (χ0) is 17.4. The zero-order valence-electron chi connectivity index (χ0n) is 15.8. The molecule has 0 radical (unpaired) electrons. The summed E-state index contributed by atoms with van der Waals surface area (Å²) >= 11 is 0. The van der Waals surface area contributed by atoms with Crippen LogP contribution in [0.3, 0.4) is 0 Å². The van der Waals surface area contributed by atoms with Crippen LogP contribution in [0, 0.1) is 11.8 Å². The lowest BCUT2D eigenvalue weighted by Gasteiger charge is -2.17. The fraction of sp³-hybridized carbons (Fsp3) is 0.632. The van der Waals surface area contributed by atoms with Crippen molar-refractivity contribution in [3.63, 3.8) is 0 Å². The van der Waals surface area contributed by atoms with E-state index in [1.54, 1.807) is 0 Å². The van der Waals surface area contributed by atoms with Crippen molar-refractivity contribution in [2.75, 3.05) is 40.3 Å². The number of hydrogen-bond acceptors (Lipinski definition) is 4. The summed E-state index contributed by atoms with van der Waals surface area (Å²) in [5, 5.41) is 3.07. The minimum Gasteiger partial charge on any atom is -0.492 e. The number of amides is 1. The van der Waals surface area contributed by atoms with Crippen LogP contribution in [0.4, 0.5) is 0 Å². The van der Waals surface area contributed by atoms with E-state index >= 15 is 0 Å². The zero-order valence-corrected chi connectivity index (χ0v) is 17.4. The second-order valence-corrected chi connectivity index (χ2v) is 6.87. The smallest absolute Gasteiger partial charge is 0.223 e. The van der Waals surface area contributed by atoms with E-state index in [2.05, 4.69) is 22.3 Å². The van der Waals surface area contributed by atoms with Crippen LogP contribution in [0.5, 0.6) is 5.75 Å². The van der Waals surface area contributed by atoms with E-state index < -0.39 is 0 Å². The van der Waals surface area contributed by atoms with Crippen molar-refractivity contribution < 1.29 is 9.53 Å². The molecule has 3 N–H and O–H groups in total. The van der Waals surface area contributed by atoms with Crippen molar-refractivity contribution in [1.82, 2.24) is 10.2 Å². The molecule has 1 aromatic rings. The third-order valence-electron chi connectivity index (χ3n) is 4.74. The van der Waals surface area contributed by atoms with Gasteiger partial charge in [-0.1, -0.05) is 18.6 Å². The summed E-state index contributed by atoms with van der Waals surface area (Å²) in [6.45, 7) is 2.88. The van der Waals surface area contributed by atoms with Crippen LogP contribution in [0.25, 0.3) is 0 Å². The maximum atomic E-state index is 12.2. The van der Waals surface area contributed by atoms with Gasteiger partial charge in [-0.15, -0.1) is 24.8 Å². The highest BCUT2D eigenvalue weighted by Gasteiger charge is 2.31. The molecule has 5 nitrogen and oxygen atoms in total. The van der Waals surface area contributed by atoms with Gasteiger partial charge in [0, 0.05) is 19.0 Å². The molecule has 2 atom stereocenters. The first-order valence-corrected chi connectivity index (χ1v) is 8.94. The Hall–Kier alpha value is -1.01. The molecular weight excluding hydrogens is 373 g/mol. The number of halogens is 2. The predicted octanol–water partition coefficient (Wildman–Crippen LogP) is 2.50. The van der Waals surface area contributed by atoms with Crippen molar-refractivity contribution in [1.29, 1.82) is 0 Å². The van der Waals surface area contributed by atoms with Gasteiger partial charge in [-0.25, -0.2) is 0 Å². The van der Waals surface area contributed by atoms with E-state index in [1.165, 1.54) is 5.56 Å². The molecule has 0 heterocycles. The number of hydrogen-bond donors (Lipinski definition) is 2. The number of nitrogens with two attached hydrogens (primary N) is 1. The molecule has 0 saturated heterocycles. The number of nitrogens with one attached hydrogen (secondary N) is 1. The Morgan fingerprint density at radius 2 is 1.92 bits per heavy atom. The Morgan fingerprint density at radius 1 is 1.23 bits per heavy atom. The Bertz CT molecular complexity index is 512. The monoisotopic (exact) mass is 405 g/mol. The first-order valence-electron chi connectivity index (χ1n) is 8.94. The molecule has 150 valence electrons. The van der Waals surface area contributed by atoms with Crippen LogP contribution in [0.1, 0.15) is 24.8 Å². The largest absolute Gasteiger partial charge is 0.492 e. The quantitative estimate of drug-likeness (QED) is 0.661. The lowest BCUT2D eigenvalue weighted by Crippen LogP contribution is -2.36. The molecule has 1 amide bonds. The van der Waals surface area contributed by atoms with Crippen molar-refractivity contribution in [3.05, 3.63) is 29.8 Å². The second-order valence-electron chi connectivity index (χ2n) is 6.87. The van der Waals surface area contributed by atoms with Gasteiger partial charge in [-0.3, -0.25) is 4.79 Å². The highest BCUT2D eigenvalue weighted by atomic mass is 35.5. The van der Waals surface area contributed by atoms with Gasteiger partial charge >= 0.3 is 0 Å². The minimum absolute atomic E-state index is 0. The van der Waals surface area contributed by atoms with Crippen molar-refractivity contribution in [3.8, 4) is 5.75 Å². The number of rotatable bonds is 9. The summed E-state index contributed by atoms with van der Waals surface area (Å²) in [5.41, 5.74) is 6.96. The maximum absolute atomic E-state index is 12.2. The molecule has 26 heavy (non-hydrogen) atoms. The van der Waals surface area contributed by atoms with Gasteiger partial charge in [0.05, 0.1) is 0 Å². The molecule has 1 aliphatic carbocycles. The summed E-state index contributed by atoms with van der Waals surface area (Å²) in [4.78, 5) is 14.3. The lowest BCUT2D eigenvalue weighted by molar-refractivity contribution is -0.125. The summed E-state index contributed by atoms with van der Waals surface area (Å²) in [5.74, 6) is 1.54. The summed E-state index contributed by atoms with van der Waals surface area (Å²) in [6.07, 6.45) is 4.02. The minimum atomic E-state index is 0. The van der Waals surface area contributed by atoms with Crippen LogP contribution in [-0.2, 0) is 11.2 Å². The van der Waals surface area contributed by atoms with Crippen LogP contribution >= 0.6 is 24.8 Å². The second kappa shape index (κ2) is 13.2. The SMILES string of the molecule is CN(C)CCOc1ccc(CCNC(=O)[C@@H]2CCC[C@@H]2CN)cc1.Cl.Cl. The van der Waals surface area contributed by atoms with Gasteiger partial charge in [-0.05, 0) is 63.5 Å². The van der Waals surface area contributed by atoms with Gasteiger partial charge in [-0.2, -0.15) is 0 Å². The standard InChI is InChI=1S/C19H31N3O2.2ClH/c1-22(2)12-13-24-17-8-6-15(7-9-17)10-11-21-19(23)18-5-3-4-16(18)14-20;;/h6-9,16,18H,3-5,10-14,20H2,1-2H3,(H,21,23);2*1H/t16-,18-;;/m1../s1. The molecule has 0 unspecified atom stereocenters. The summed E-state index contributed by atoms with van der Waals surface area (Å²) in [7, 11) is 4.06. The molecule has 0 bridgehead atoms. The molecule has 2 rings (SSSR count). The fourth-order valence-electron chi connectivity index (χ4n) is 3.22. The van der Waals surface area contributed by atoms with Crippen LogP contribution in [-0.4, -0.2) is 51.1 Å². The van der Waals surface area contributed by atoms with E-state index in [1.807, 2.05) is 26.2 Å². The van der Waals surface area contributed by atoms with Gasteiger partial charge < -0.3 is 20.7 Å². The van der Waals surface area contributed by atoms with E-state index in [-0.39, 0.29) is 36.6 Å². The van der Waals surface area contributed by atoms with Gasteiger partial charge in [0.1, 0.15) is 12.4 Å². The topological polar surface area (TPSA) is 67.6 Å². The van der Waals surface area contributed by atoms with E-state index in [0.717, 1.165) is 38.0 Å². The van der Waals surface area contributed by atoms with Crippen LogP contribution < -0.4 is 15.8 Å². The highest BCUT2D eigenvalue weighted by Crippen LogP contribution is 2.30. The molecule has 1 saturated carbocycles. The highest BCUT2D eigenvalue weighted by molar-refractivity contribution is 5.85. The Balaban J connectivity index is 0.00000312.